The maximum absolute atomic E-state index is 12.2. The quantitative estimate of drug-likeness (QED) is 0.290. The maximum Gasteiger partial charge on any atom is 0.407 e. The number of alkyl carbamates (subject to hydrolysis) is 1. The van der Waals surface area contributed by atoms with Crippen LogP contribution in [0.2, 0.25) is 18.1 Å². The molecule has 0 spiro atoms. The highest BCUT2D eigenvalue weighted by Crippen LogP contribution is 2.36. The van der Waals surface area contributed by atoms with Gasteiger partial charge in [0.1, 0.15) is 5.60 Å². The van der Waals surface area contributed by atoms with Gasteiger partial charge in [0.15, 0.2) is 8.32 Å². The lowest BCUT2D eigenvalue weighted by atomic mass is 9.97. The molecule has 172 valence electrons. The number of hydrogen-bond donors (Lipinski definition) is 1. The van der Waals surface area contributed by atoms with Gasteiger partial charge >= 0.3 is 12.1 Å². The average Bonchev–Trinajstić information content (AvgIpc) is 2.47. The third-order valence-electron chi connectivity index (χ3n) is 4.96. The van der Waals surface area contributed by atoms with Gasteiger partial charge in [-0.25, -0.2) is 4.79 Å². The van der Waals surface area contributed by atoms with Crippen LogP contribution in [-0.2, 0) is 18.7 Å². The molecule has 0 unspecified atom stereocenters. The van der Waals surface area contributed by atoms with Gasteiger partial charge in [0.25, 0.3) is 0 Å². The number of carbonyl (C=O) groups is 2. The van der Waals surface area contributed by atoms with Crippen molar-refractivity contribution in [2.24, 2.45) is 5.41 Å². The van der Waals surface area contributed by atoms with Gasteiger partial charge < -0.3 is 19.2 Å². The molecular formula is C22H45NO5Si. The molecule has 1 N–H and O–H groups in total. The molecule has 0 radical (unpaired) electrons. The molecule has 0 saturated carbocycles. The zero-order valence-corrected chi connectivity index (χ0v) is 21.7. The van der Waals surface area contributed by atoms with Crippen molar-refractivity contribution in [2.45, 2.75) is 111 Å². The Morgan fingerprint density at radius 1 is 0.931 bits per heavy atom. The Morgan fingerprint density at radius 2 is 1.48 bits per heavy atom. The highest BCUT2D eigenvalue weighted by molar-refractivity contribution is 6.74. The zero-order chi connectivity index (χ0) is 23.1. The molecule has 0 aliphatic carbocycles. The van der Waals surface area contributed by atoms with E-state index in [9.17, 15) is 9.59 Å². The Bertz CT molecular complexity index is 527. The second kappa shape index (κ2) is 10.8. The van der Waals surface area contributed by atoms with Crippen LogP contribution in [0.3, 0.4) is 0 Å². The van der Waals surface area contributed by atoms with E-state index in [1.54, 1.807) is 0 Å². The minimum Gasteiger partial charge on any atom is -0.465 e. The first-order valence-corrected chi connectivity index (χ1v) is 13.6. The summed E-state index contributed by atoms with van der Waals surface area (Å²) in [7, 11) is -1.92. The third-order valence-corrected chi connectivity index (χ3v) is 9.47. The highest BCUT2D eigenvalue weighted by atomic mass is 28.4. The van der Waals surface area contributed by atoms with Crippen LogP contribution < -0.4 is 5.32 Å². The Kier molecular flexibility index (Phi) is 10.4. The predicted molar refractivity (Wildman–Crippen MR) is 121 cm³/mol. The van der Waals surface area contributed by atoms with E-state index in [-0.39, 0.29) is 17.0 Å². The lowest BCUT2D eigenvalue weighted by Gasteiger charge is -2.37. The fourth-order valence-electron chi connectivity index (χ4n) is 2.07. The van der Waals surface area contributed by atoms with E-state index in [1.165, 1.54) is 0 Å². The molecule has 1 amide bonds. The van der Waals surface area contributed by atoms with Crippen molar-refractivity contribution in [3.63, 3.8) is 0 Å². The number of unbranched alkanes of at least 4 members (excludes halogenated alkanes) is 1. The standard InChI is InChI=1S/C22H45NO5Si/c1-20(2,3)18(24)26-15-13-12-14-17(23-19(25)28-21(4,5)6)16-27-29(10,11)22(7,8)9/h17H,12-16H2,1-11H3,(H,23,25)/t17-/m0/s1. The van der Waals surface area contributed by atoms with E-state index in [0.29, 0.717) is 13.2 Å². The van der Waals surface area contributed by atoms with E-state index < -0.39 is 25.4 Å². The fourth-order valence-corrected chi connectivity index (χ4v) is 3.12. The van der Waals surface area contributed by atoms with Crippen molar-refractivity contribution in [3.05, 3.63) is 0 Å². The molecule has 0 rings (SSSR count). The Balaban J connectivity index is 4.72. The average molecular weight is 432 g/mol. The fraction of sp³-hybridized carbons (Fsp3) is 0.909. The third kappa shape index (κ3) is 12.3. The van der Waals surface area contributed by atoms with Gasteiger partial charge in [-0.15, -0.1) is 0 Å². The summed E-state index contributed by atoms with van der Waals surface area (Å²) in [6, 6.07) is -0.141. The van der Waals surface area contributed by atoms with Crippen LogP contribution in [0.1, 0.15) is 81.6 Å². The summed E-state index contributed by atoms with van der Waals surface area (Å²) in [5, 5.41) is 3.05. The van der Waals surface area contributed by atoms with Crippen LogP contribution in [0.25, 0.3) is 0 Å². The number of ether oxygens (including phenoxy) is 2. The molecule has 1 atom stereocenters. The van der Waals surface area contributed by atoms with Gasteiger partial charge in [-0.1, -0.05) is 20.8 Å². The van der Waals surface area contributed by atoms with Crippen LogP contribution in [-0.4, -0.2) is 45.2 Å². The minimum atomic E-state index is -1.92. The molecule has 0 saturated heterocycles. The Labute approximate surface area is 179 Å². The summed E-state index contributed by atoms with van der Waals surface area (Å²) in [4.78, 5) is 24.1. The van der Waals surface area contributed by atoms with Crippen molar-refractivity contribution in [2.75, 3.05) is 13.2 Å². The highest BCUT2D eigenvalue weighted by Gasteiger charge is 2.37. The Hall–Kier alpha value is -1.08. The van der Waals surface area contributed by atoms with Crippen molar-refractivity contribution in [1.29, 1.82) is 0 Å². The van der Waals surface area contributed by atoms with Crippen molar-refractivity contribution < 1.29 is 23.5 Å². The number of carbonyl (C=O) groups excluding carboxylic acids is 2. The summed E-state index contributed by atoms with van der Waals surface area (Å²) >= 11 is 0. The van der Waals surface area contributed by atoms with Gasteiger partial charge in [-0.05, 0) is 78.9 Å². The summed E-state index contributed by atoms with van der Waals surface area (Å²) in [5.74, 6) is -0.192. The summed E-state index contributed by atoms with van der Waals surface area (Å²) in [5.41, 5.74) is -1.03. The second-order valence-corrected chi connectivity index (χ2v) is 16.1. The van der Waals surface area contributed by atoms with Crippen LogP contribution in [0, 0.1) is 5.41 Å². The van der Waals surface area contributed by atoms with Gasteiger partial charge in [-0.3, -0.25) is 4.79 Å². The molecule has 0 aromatic heterocycles. The molecule has 0 aliphatic heterocycles. The van der Waals surface area contributed by atoms with E-state index in [1.807, 2.05) is 41.5 Å². The lowest BCUT2D eigenvalue weighted by Crippen LogP contribution is -2.47. The summed E-state index contributed by atoms with van der Waals surface area (Å²) in [6.07, 6.45) is 1.87. The molecule has 0 fully saturated rings. The molecule has 29 heavy (non-hydrogen) atoms. The van der Waals surface area contributed by atoms with Gasteiger partial charge in [-0.2, -0.15) is 0 Å². The molecular weight excluding hydrogens is 386 g/mol. The number of esters is 1. The SMILES string of the molecule is CC(C)(C)OC(=O)N[C@@H](CCCCOC(=O)C(C)(C)C)CO[Si](C)(C)C(C)(C)C. The van der Waals surface area contributed by atoms with E-state index >= 15 is 0 Å². The smallest absolute Gasteiger partial charge is 0.407 e. The van der Waals surface area contributed by atoms with Crippen LogP contribution >= 0.6 is 0 Å². The topological polar surface area (TPSA) is 73.9 Å². The normalized spacial score (nSPS) is 14.3. The van der Waals surface area contributed by atoms with E-state index in [4.69, 9.17) is 13.9 Å². The number of amides is 1. The molecule has 6 nitrogen and oxygen atoms in total. The second-order valence-electron chi connectivity index (χ2n) is 11.3. The largest absolute Gasteiger partial charge is 0.465 e. The zero-order valence-electron chi connectivity index (χ0n) is 20.7. The number of rotatable bonds is 9. The first-order valence-electron chi connectivity index (χ1n) is 10.7. The van der Waals surface area contributed by atoms with Crippen LogP contribution in [0.5, 0.6) is 0 Å². The van der Waals surface area contributed by atoms with Crippen LogP contribution in [0.4, 0.5) is 4.79 Å². The Morgan fingerprint density at radius 3 is 1.93 bits per heavy atom. The van der Waals surface area contributed by atoms with Crippen molar-refractivity contribution in [3.8, 4) is 0 Å². The molecule has 0 aromatic rings. The predicted octanol–water partition coefficient (Wildman–Crippen LogP) is 5.66. The first kappa shape index (κ1) is 27.9. The molecule has 0 aromatic carbocycles. The van der Waals surface area contributed by atoms with E-state index in [0.717, 1.165) is 19.3 Å². The molecule has 0 heterocycles. The van der Waals surface area contributed by atoms with Crippen LogP contribution in [0.15, 0.2) is 0 Å². The summed E-state index contributed by atoms with van der Waals surface area (Å²) in [6.45, 7) is 22.9. The molecule has 0 aliphatic rings. The monoisotopic (exact) mass is 431 g/mol. The minimum absolute atomic E-state index is 0.102. The molecule has 0 bridgehead atoms. The number of hydrogen-bond acceptors (Lipinski definition) is 5. The summed E-state index contributed by atoms with van der Waals surface area (Å²) < 4.78 is 17.0. The maximum atomic E-state index is 12.2. The first-order chi connectivity index (χ1) is 12.8. The van der Waals surface area contributed by atoms with E-state index in [2.05, 4.69) is 39.2 Å². The lowest BCUT2D eigenvalue weighted by molar-refractivity contribution is -0.153. The molecule has 7 heteroatoms. The van der Waals surface area contributed by atoms with Crippen molar-refractivity contribution >= 4 is 20.4 Å². The number of nitrogens with one attached hydrogen (secondary N) is 1. The van der Waals surface area contributed by atoms with Gasteiger partial charge in [0.2, 0.25) is 0 Å². The van der Waals surface area contributed by atoms with Crippen molar-refractivity contribution in [1.82, 2.24) is 5.32 Å². The van der Waals surface area contributed by atoms with Gasteiger partial charge in [0.05, 0.1) is 24.7 Å². The van der Waals surface area contributed by atoms with Gasteiger partial charge in [0, 0.05) is 0 Å².